The number of rotatable bonds is 25. The highest BCUT2D eigenvalue weighted by Gasteiger charge is 2.23. The molecule has 3 aromatic rings. The van der Waals surface area contributed by atoms with Crippen LogP contribution in [0.3, 0.4) is 0 Å². The van der Waals surface area contributed by atoms with Gasteiger partial charge in [-0.2, -0.15) is 0 Å². The third-order valence-electron chi connectivity index (χ3n) is 8.41. The number of carbonyl (C=O) groups excluding carboxylic acids is 3. The third kappa shape index (κ3) is 15.2. The maximum atomic E-state index is 13.3. The van der Waals surface area contributed by atoms with Crippen LogP contribution in [0.1, 0.15) is 134 Å². The highest BCUT2D eigenvalue weighted by atomic mass is 16.5. The lowest BCUT2D eigenvalue weighted by Gasteiger charge is -2.16. The lowest BCUT2D eigenvalue weighted by Crippen LogP contribution is -2.15. The second kappa shape index (κ2) is 23.4. The highest BCUT2D eigenvalue weighted by molar-refractivity contribution is 5.97. The van der Waals surface area contributed by atoms with Crippen molar-refractivity contribution < 1.29 is 48.0 Å². The molecule has 0 aromatic heterocycles. The molecule has 0 unspecified atom stereocenters. The maximum Gasteiger partial charge on any atom is 0.343 e. The molecule has 0 bridgehead atoms. The highest BCUT2D eigenvalue weighted by Crippen LogP contribution is 2.33. The number of hydrogen-bond acceptors (Lipinski definition) is 9. The Bertz CT molecular complexity index is 1630. The lowest BCUT2D eigenvalue weighted by molar-refractivity contribution is -0.139. The number of hydrogen-bond donors (Lipinski definition) is 1. The first kappa shape index (κ1) is 42.3. The molecule has 0 spiro atoms. The van der Waals surface area contributed by atoms with Gasteiger partial charge in [-0.15, -0.1) is 0 Å². The van der Waals surface area contributed by atoms with Crippen LogP contribution < -0.4 is 18.9 Å². The van der Waals surface area contributed by atoms with E-state index in [0.29, 0.717) is 43.1 Å². The fourth-order valence-electron chi connectivity index (χ4n) is 5.37. The summed E-state index contributed by atoms with van der Waals surface area (Å²) in [6, 6.07) is 15.7. The molecule has 0 aliphatic carbocycles. The average Bonchev–Trinajstić information content (AvgIpc) is 3.15. The smallest absolute Gasteiger partial charge is 0.343 e. The summed E-state index contributed by atoms with van der Waals surface area (Å²) in [5.74, 6) is -2.28. The first-order valence-electron chi connectivity index (χ1n) is 18.8. The van der Waals surface area contributed by atoms with E-state index in [9.17, 15) is 24.3 Å². The normalized spacial score (nSPS) is 10.7. The Balaban J connectivity index is 1.75. The van der Waals surface area contributed by atoms with Crippen LogP contribution >= 0.6 is 0 Å². The standard InChI is InChI=1S/C43H54O10/c1-5-7-9-11-14-26-49-35-22-18-32(19-23-35)42(47)52-37-29-34(17-13-16-28-51-41(46)31(3)4)39(38(30-37)40(44)45)53-43(48)33-20-24-36(25-21-33)50-27-15-12-10-8-6-2/h18-25,29-30H,3,5-17,26-28H2,1-2,4H3,(H,44,45). The van der Waals surface area contributed by atoms with Gasteiger partial charge in [-0.1, -0.05) is 71.8 Å². The Morgan fingerprint density at radius 3 is 1.58 bits per heavy atom. The van der Waals surface area contributed by atoms with E-state index in [4.69, 9.17) is 23.7 Å². The second-order valence-electron chi connectivity index (χ2n) is 13.0. The topological polar surface area (TPSA) is 135 Å². The van der Waals surface area contributed by atoms with Crippen LogP contribution in [0.2, 0.25) is 0 Å². The second-order valence-corrected chi connectivity index (χ2v) is 13.0. The number of unbranched alkanes of at least 4 members (excludes halogenated alkanes) is 9. The van der Waals surface area contributed by atoms with E-state index >= 15 is 0 Å². The summed E-state index contributed by atoms with van der Waals surface area (Å²) in [7, 11) is 0. The molecule has 286 valence electrons. The van der Waals surface area contributed by atoms with Gasteiger partial charge in [0.05, 0.1) is 30.9 Å². The van der Waals surface area contributed by atoms with Gasteiger partial charge >= 0.3 is 23.9 Å². The number of carboxylic acids is 1. The van der Waals surface area contributed by atoms with Crippen LogP contribution in [0.15, 0.2) is 72.8 Å². The fraction of sp³-hybridized carbons (Fsp3) is 0.442. The Morgan fingerprint density at radius 2 is 1.09 bits per heavy atom. The van der Waals surface area contributed by atoms with E-state index in [1.165, 1.54) is 44.6 Å². The van der Waals surface area contributed by atoms with Crippen molar-refractivity contribution in [2.24, 2.45) is 0 Å². The Labute approximate surface area is 313 Å². The number of carbonyl (C=O) groups is 4. The number of carboxylic acid groups (broad SMARTS) is 1. The van der Waals surface area contributed by atoms with E-state index in [-0.39, 0.29) is 46.8 Å². The van der Waals surface area contributed by atoms with E-state index in [0.717, 1.165) is 31.7 Å². The molecular weight excluding hydrogens is 676 g/mol. The Morgan fingerprint density at radius 1 is 0.604 bits per heavy atom. The number of benzene rings is 3. The zero-order valence-corrected chi connectivity index (χ0v) is 31.4. The van der Waals surface area contributed by atoms with Gasteiger partial charge in [0.1, 0.15) is 28.6 Å². The van der Waals surface area contributed by atoms with E-state index < -0.39 is 23.9 Å². The van der Waals surface area contributed by atoms with Gasteiger partial charge in [0.25, 0.3) is 0 Å². The number of aryl methyl sites for hydroxylation is 1. The maximum absolute atomic E-state index is 13.3. The zero-order chi connectivity index (χ0) is 38.4. The Hall–Kier alpha value is -5.12. The molecule has 0 heterocycles. The molecule has 0 saturated carbocycles. The average molecular weight is 731 g/mol. The van der Waals surface area contributed by atoms with Crippen molar-refractivity contribution >= 4 is 23.9 Å². The van der Waals surface area contributed by atoms with Crippen molar-refractivity contribution in [2.45, 2.75) is 104 Å². The summed E-state index contributed by atoms with van der Waals surface area (Å²) < 4.78 is 28.1. The first-order chi connectivity index (χ1) is 25.6. The van der Waals surface area contributed by atoms with Gasteiger partial charge in [0, 0.05) is 5.57 Å². The molecule has 0 fully saturated rings. The summed E-state index contributed by atoms with van der Waals surface area (Å²) in [6.45, 7) is 10.7. The molecule has 0 saturated heterocycles. The van der Waals surface area contributed by atoms with E-state index in [1.807, 2.05) is 0 Å². The van der Waals surface area contributed by atoms with Crippen molar-refractivity contribution in [3.05, 3.63) is 95.1 Å². The van der Waals surface area contributed by atoms with Crippen LogP contribution in [-0.4, -0.2) is 48.8 Å². The summed E-state index contributed by atoms with van der Waals surface area (Å²) in [5.41, 5.74) is 0.712. The van der Waals surface area contributed by atoms with E-state index in [1.54, 1.807) is 55.5 Å². The largest absolute Gasteiger partial charge is 0.494 e. The molecule has 53 heavy (non-hydrogen) atoms. The SMILES string of the molecule is C=C(C)C(=O)OCCCCc1cc(OC(=O)c2ccc(OCCCCCCC)cc2)cc(C(=O)O)c1OC(=O)c1ccc(OCCCCCCC)cc1. The van der Waals surface area contributed by atoms with Gasteiger partial charge in [-0.3, -0.25) is 0 Å². The summed E-state index contributed by atoms with van der Waals surface area (Å²) in [4.78, 5) is 50.8. The predicted molar refractivity (Wildman–Crippen MR) is 203 cm³/mol. The molecule has 0 atom stereocenters. The molecule has 3 rings (SSSR count). The zero-order valence-electron chi connectivity index (χ0n) is 31.4. The molecule has 3 aromatic carbocycles. The van der Waals surface area contributed by atoms with Gasteiger partial charge in [0.15, 0.2) is 0 Å². The molecule has 0 aliphatic heterocycles. The minimum absolute atomic E-state index is 0.0282. The number of aromatic carboxylic acids is 1. The van der Waals surface area contributed by atoms with Crippen molar-refractivity contribution in [1.82, 2.24) is 0 Å². The van der Waals surface area contributed by atoms with Crippen molar-refractivity contribution in [3.63, 3.8) is 0 Å². The minimum atomic E-state index is -1.37. The summed E-state index contributed by atoms with van der Waals surface area (Å²) >= 11 is 0. The fourth-order valence-corrected chi connectivity index (χ4v) is 5.37. The molecular formula is C43H54O10. The summed E-state index contributed by atoms with van der Waals surface area (Å²) in [6.07, 6.45) is 12.3. The van der Waals surface area contributed by atoms with Gasteiger partial charge in [-0.05, 0) is 105 Å². The van der Waals surface area contributed by atoms with Gasteiger partial charge in [0.2, 0.25) is 0 Å². The van der Waals surface area contributed by atoms with Gasteiger partial charge < -0.3 is 28.8 Å². The monoisotopic (exact) mass is 730 g/mol. The van der Waals surface area contributed by atoms with E-state index in [2.05, 4.69) is 20.4 Å². The summed E-state index contributed by atoms with van der Waals surface area (Å²) in [5, 5.41) is 10.2. The number of ether oxygens (including phenoxy) is 5. The van der Waals surface area contributed by atoms with Crippen molar-refractivity contribution in [3.8, 4) is 23.0 Å². The lowest BCUT2D eigenvalue weighted by atomic mass is 10.0. The molecule has 0 aliphatic rings. The molecule has 0 radical (unpaired) electrons. The van der Waals surface area contributed by atoms with Crippen LogP contribution in [0, 0.1) is 0 Å². The third-order valence-corrected chi connectivity index (χ3v) is 8.41. The van der Waals surface area contributed by atoms with Gasteiger partial charge in [-0.25, -0.2) is 19.2 Å². The van der Waals surface area contributed by atoms with Crippen LogP contribution in [-0.2, 0) is 16.0 Å². The quantitative estimate of drug-likeness (QED) is 0.0388. The molecule has 10 heteroatoms. The molecule has 0 amide bonds. The predicted octanol–water partition coefficient (Wildman–Crippen LogP) is 9.96. The number of esters is 3. The van der Waals surface area contributed by atoms with Crippen LogP contribution in [0.4, 0.5) is 0 Å². The van der Waals surface area contributed by atoms with Crippen LogP contribution in [0.25, 0.3) is 0 Å². The molecule has 1 N–H and O–H groups in total. The first-order valence-corrected chi connectivity index (χ1v) is 18.8. The Kier molecular flexibility index (Phi) is 18.7. The van der Waals surface area contributed by atoms with Crippen molar-refractivity contribution in [2.75, 3.05) is 19.8 Å². The minimum Gasteiger partial charge on any atom is -0.494 e. The van der Waals surface area contributed by atoms with Crippen molar-refractivity contribution in [1.29, 1.82) is 0 Å². The van der Waals surface area contributed by atoms with Crippen LogP contribution in [0.5, 0.6) is 23.0 Å². The molecule has 10 nitrogen and oxygen atoms in total.